The second kappa shape index (κ2) is 7.15. The van der Waals surface area contributed by atoms with Crippen LogP contribution in [0.3, 0.4) is 0 Å². The molecule has 3 rings (SSSR count). The maximum atomic E-state index is 12.5. The van der Waals surface area contributed by atoms with Gasteiger partial charge in [0.2, 0.25) is 0 Å². The topological polar surface area (TPSA) is 76.0 Å². The average molecular weight is 372 g/mol. The standard InChI is InChI=1S/C19H24N4O2S/c1-12(13-8-6-5-7-9-13)20-17(24)18(25)21-16-14-10-26-11-15(14)22-23(16)19(2,3)4/h5-9,12H,10-11H2,1-4H3,(H,20,24)(H,21,25)/t12-/m0/s1. The van der Waals surface area contributed by atoms with Crippen molar-refractivity contribution < 1.29 is 9.59 Å². The molecule has 0 saturated carbocycles. The highest BCUT2D eigenvalue weighted by atomic mass is 32.2. The summed E-state index contributed by atoms with van der Waals surface area (Å²) >= 11 is 1.76. The third-order valence-electron chi connectivity index (χ3n) is 4.27. The van der Waals surface area contributed by atoms with Crippen LogP contribution in [0.15, 0.2) is 30.3 Å². The quantitative estimate of drug-likeness (QED) is 0.811. The van der Waals surface area contributed by atoms with Gasteiger partial charge in [0.05, 0.1) is 17.3 Å². The third-order valence-corrected chi connectivity index (χ3v) is 5.24. The van der Waals surface area contributed by atoms with Crippen molar-refractivity contribution in [2.24, 2.45) is 0 Å². The van der Waals surface area contributed by atoms with E-state index >= 15 is 0 Å². The van der Waals surface area contributed by atoms with Gasteiger partial charge in [-0.3, -0.25) is 9.59 Å². The van der Waals surface area contributed by atoms with Crippen LogP contribution in [0.1, 0.15) is 50.6 Å². The van der Waals surface area contributed by atoms with E-state index in [2.05, 4.69) is 15.7 Å². The molecule has 2 amide bonds. The molecule has 0 spiro atoms. The molecule has 2 N–H and O–H groups in total. The van der Waals surface area contributed by atoms with Gasteiger partial charge in [-0.25, -0.2) is 4.68 Å². The lowest BCUT2D eigenvalue weighted by Gasteiger charge is -2.23. The second-order valence-corrected chi connectivity index (χ2v) is 8.39. The van der Waals surface area contributed by atoms with Gasteiger partial charge in [0, 0.05) is 17.1 Å². The molecule has 6 nitrogen and oxygen atoms in total. The molecule has 26 heavy (non-hydrogen) atoms. The first-order valence-electron chi connectivity index (χ1n) is 8.63. The monoisotopic (exact) mass is 372 g/mol. The van der Waals surface area contributed by atoms with Gasteiger partial charge in [0.1, 0.15) is 5.82 Å². The molecule has 0 aliphatic carbocycles. The normalized spacial score (nSPS) is 14.6. The van der Waals surface area contributed by atoms with E-state index in [-0.39, 0.29) is 11.6 Å². The molecule has 0 radical (unpaired) electrons. The highest BCUT2D eigenvalue weighted by Gasteiger charge is 2.30. The maximum absolute atomic E-state index is 12.5. The summed E-state index contributed by atoms with van der Waals surface area (Å²) in [4.78, 5) is 24.8. The number of aromatic nitrogens is 2. The Kier molecular flexibility index (Phi) is 5.09. The number of nitrogens with one attached hydrogen (secondary N) is 2. The fourth-order valence-corrected chi connectivity index (χ4v) is 3.91. The fraction of sp³-hybridized carbons (Fsp3) is 0.421. The van der Waals surface area contributed by atoms with E-state index in [0.717, 1.165) is 28.3 Å². The number of carbonyl (C=O) groups is 2. The first-order valence-corrected chi connectivity index (χ1v) is 9.78. The molecule has 0 fully saturated rings. The molecule has 1 aliphatic rings. The summed E-state index contributed by atoms with van der Waals surface area (Å²) in [5.74, 6) is 0.937. The zero-order valence-electron chi connectivity index (χ0n) is 15.5. The van der Waals surface area contributed by atoms with Crippen LogP contribution in [0, 0.1) is 0 Å². The molecule has 0 saturated heterocycles. The smallest absolute Gasteiger partial charge is 0.314 e. The van der Waals surface area contributed by atoms with Crippen molar-refractivity contribution in [2.45, 2.75) is 50.8 Å². The van der Waals surface area contributed by atoms with Gasteiger partial charge in [-0.2, -0.15) is 16.9 Å². The number of fused-ring (bicyclic) bond motifs is 1. The highest BCUT2D eigenvalue weighted by molar-refractivity contribution is 7.98. The van der Waals surface area contributed by atoms with Crippen LogP contribution in [0.4, 0.5) is 5.82 Å². The molecule has 1 aliphatic heterocycles. The van der Waals surface area contributed by atoms with Crippen LogP contribution in [-0.4, -0.2) is 21.6 Å². The summed E-state index contributed by atoms with van der Waals surface area (Å²) in [7, 11) is 0. The van der Waals surface area contributed by atoms with E-state index in [1.54, 1.807) is 11.8 Å². The molecule has 1 aromatic carbocycles. The first kappa shape index (κ1) is 18.5. The summed E-state index contributed by atoms with van der Waals surface area (Å²) in [5.41, 5.74) is 2.66. The van der Waals surface area contributed by atoms with Gasteiger partial charge in [-0.05, 0) is 33.3 Å². The minimum absolute atomic E-state index is 0.247. The summed E-state index contributed by atoms with van der Waals surface area (Å²) in [6.45, 7) is 7.93. The third kappa shape index (κ3) is 3.77. The molecule has 138 valence electrons. The predicted molar refractivity (Wildman–Crippen MR) is 104 cm³/mol. The van der Waals surface area contributed by atoms with Crippen molar-refractivity contribution in [2.75, 3.05) is 5.32 Å². The highest BCUT2D eigenvalue weighted by Crippen LogP contribution is 2.37. The maximum Gasteiger partial charge on any atom is 0.314 e. The summed E-state index contributed by atoms with van der Waals surface area (Å²) in [6, 6.07) is 9.31. The van der Waals surface area contributed by atoms with Gasteiger partial charge >= 0.3 is 11.8 Å². The Bertz CT molecular complexity index is 824. The van der Waals surface area contributed by atoms with Crippen LogP contribution in [0.2, 0.25) is 0 Å². The summed E-state index contributed by atoms with van der Waals surface area (Å²) in [6.07, 6.45) is 0. The lowest BCUT2D eigenvalue weighted by molar-refractivity contribution is -0.136. The van der Waals surface area contributed by atoms with Crippen LogP contribution < -0.4 is 10.6 Å². The van der Waals surface area contributed by atoms with E-state index in [0.29, 0.717) is 5.82 Å². The average Bonchev–Trinajstić information content (AvgIpc) is 3.17. The van der Waals surface area contributed by atoms with E-state index in [9.17, 15) is 9.59 Å². The van der Waals surface area contributed by atoms with Gasteiger partial charge < -0.3 is 10.6 Å². The molecule has 1 aromatic heterocycles. The van der Waals surface area contributed by atoms with E-state index in [4.69, 9.17) is 0 Å². The van der Waals surface area contributed by atoms with Gasteiger partial charge in [-0.15, -0.1) is 0 Å². The molecule has 0 unspecified atom stereocenters. The Labute approximate surface area is 157 Å². The lowest BCUT2D eigenvalue weighted by atomic mass is 10.1. The Morgan fingerprint density at radius 1 is 1.15 bits per heavy atom. The van der Waals surface area contributed by atoms with Gasteiger partial charge in [0.15, 0.2) is 0 Å². The van der Waals surface area contributed by atoms with E-state index in [1.165, 1.54) is 0 Å². The molecule has 2 heterocycles. The molecule has 1 atom stereocenters. The van der Waals surface area contributed by atoms with Crippen LogP contribution in [-0.2, 0) is 26.6 Å². The Balaban J connectivity index is 1.75. The number of benzene rings is 1. The summed E-state index contributed by atoms with van der Waals surface area (Å²) in [5, 5.41) is 10.2. The summed E-state index contributed by atoms with van der Waals surface area (Å²) < 4.78 is 1.81. The van der Waals surface area contributed by atoms with Crippen molar-refractivity contribution in [1.29, 1.82) is 0 Å². The Morgan fingerprint density at radius 2 is 1.85 bits per heavy atom. The lowest BCUT2D eigenvalue weighted by Crippen LogP contribution is -2.38. The molecule has 2 aromatic rings. The zero-order valence-corrected chi connectivity index (χ0v) is 16.3. The second-order valence-electron chi connectivity index (χ2n) is 7.41. The van der Waals surface area contributed by atoms with E-state index in [1.807, 2.05) is 62.7 Å². The minimum atomic E-state index is -0.669. The Morgan fingerprint density at radius 3 is 2.50 bits per heavy atom. The van der Waals surface area contributed by atoms with Gasteiger partial charge in [0.25, 0.3) is 0 Å². The van der Waals surface area contributed by atoms with Crippen molar-refractivity contribution in [3.63, 3.8) is 0 Å². The van der Waals surface area contributed by atoms with Crippen molar-refractivity contribution >= 4 is 29.4 Å². The first-order chi connectivity index (χ1) is 12.3. The largest absolute Gasteiger partial charge is 0.341 e. The molecular formula is C19H24N4O2S. The number of anilines is 1. The number of rotatable bonds is 3. The fourth-order valence-electron chi connectivity index (χ4n) is 2.88. The molecule has 0 bridgehead atoms. The number of nitrogens with zero attached hydrogens (tertiary/aromatic N) is 2. The van der Waals surface area contributed by atoms with Crippen LogP contribution in [0.5, 0.6) is 0 Å². The van der Waals surface area contributed by atoms with Crippen molar-refractivity contribution in [3.05, 3.63) is 47.2 Å². The SMILES string of the molecule is C[C@H](NC(=O)C(=O)Nc1c2c(nn1C(C)(C)C)CSC2)c1ccccc1. The zero-order chi connectivity index (χ0) is 18.9. The van der Waals surface area contributed by atoms with E-state index < -0.39 is 11.8 Å². The van der Waals surface area contributed by atoms with Crippen molar-refractivity contribution in [1.82, 2.24) is 15.1 Å². The van der Waals surface area contributed by atoms with Gasteiger partial charge in [-0.1, -0.05) is 30.3 Å². The molecular weight excluding hydrogens is 348 g/mol. The Hall–Kier alpha value is -2.28. The predicted octanol–water partition coefficient (Wildman–Crippen LogP) is 3.20. The number of amides is 2. The number of hydrogen-bond donors (Lipinski definition) is 2. The van der Waals surface area contributed by atoms with Crippen molar-refractivity contribution in [3.8, 4) is 0 Å². The minimum Gasteiger partial charge on any atom is -0.341 e. The number of carbonyl (C=O) groups excluding carboxylic acids is 2. The molecule has 7 heteroatoms. The number of hydrogen-bond acceptors (Lipinski definition) is 4. The van der Waals surface area contributed by atoms with Crippen LogP contribution in [0.25, 0.3) is 0 Å². The number of thioether (sulfide) groups is 1. The van der Waals surface area contributed by atoms with Crippen LogP contribution >= 0.6 is 11.8 Å².